The molecule has 2 heterocycles. The van der Waals surface area contributed by atoms with Crippen LogP contribution in [0.3, 0.4) is 0 Å². The Morgan fingerprint density at radius 3 is 2.59 bits per heavy atom. The molecule has 0 spiro atoms. The smallest absolute Gasteiger partial charge is 0.238 e. The first-order chi connectivity index (χ1) is 15.4. The van der Waals surface area contributed by atoms with Crippen molar-refractivity contribution in [3.8, 4) is 11.1 Å². The number of rotatable bonds is 9. The molecule has 0 aliphatic heterocycles. The summed E-state index contributed by atoms with van der Waals surface area (Å²) < 4.78 is 0. The lowest BCUT2D eigenvalue weighted by Gasteiger charge is -2.14. The molecular formula is C25H29N5O2. The highest BCUT2D eigenvalue weighted by atomic mass is 16.2. The molecule has 3 rings (SSSR count). The molecule has 0 bridgehead atoms. The summed E-state index contributed by atoms with van der Waals surface area (Å²) in [7, 11) is 0. The van der Waals surface area contributed by atoms with E-state index in [1.54, 1.807) is 18.5 Å². The van der Waals surface area contributed by atoms with E-state index in [9.17, 15) is 9.59 Å². The van der Waals surface area contributed by atoms with E-state index in [0.29, 0.717) is 18.1 Å². The van der Waals surface area contributed by atoms with Crippen LogP contribution in [-0.4, -0.2) is 33.2 Å². The second kappa shape index (κ2) is 10.7. The fourth-order valence-electron chi connectivity index (χ4n) is 3.26. The van der Waals surface area contributed by atoms with Crippen molar-refractivity contribution in [3.05, 3.63) is 71.6 Å². The number of carbonyl (C=O) groups excluding carboxylic acids is 2. The first-order valence-corrected chi connectivity index (χ1v) is 10.8. The van der Waals surface area contributed by atoms with E-state index in [2.05, 4.69) is 44.6 Å². The van der Waals surface area contributed by atoms with Gasteiger partial charge in [-0.05, 0) is 36.6 Å². The molecule has 0 fully saturated rings. The maximum absolute atomic E-state index is 12.7. The van der Waals surface area contributed by atoms with Gasteiger partial charge in [-0.3, -0.25) is 14.6 Å². The van der Waals surface area contributed by atoms with Crippen LogP contribution < -0.4 is 10.6 Å². The highest BCUT2D eigenvalue weighted by molar-refractivity contribution is 6.05. The lowest BCUT2D eigenvalue weighted by atomic mass is 10.00. The van der Waals surface area contributed by atoms with Crippen LogP contribution in [-0.2, 0) is 17.8 Å². The number of hydrogen-bond donors (Lipinski definition) is 2. The Labute approximate surface area is 188 Å². The number of anilines is 1. The molecule has 0 aliphatic carbocycles. The normalized spacial score (nSPS) is 10.9. The number of Topliss-reactive ketones (excluding diaryl/α,β-unsaturated/α-hetero) is 1. The summed E-state index contributed by atoms with van der Waals surface area (Å²) in [6.07, 6.45) is 4.30. The van der Waals surface area contributed by atoms with Crippen molar-refractivity contribution >= 4 is 17.4 Å². The van der Waals surface area contributed by atoms with Crippen molar-refractivity contribution < 1.29 is 9.59 Å². The van der Waals surface area contributed by atoms with E-state index >= 15 is 0 Å². The van der Waals surface area contributed by atoms with Crippen molar-refractivity contribution in [2.45, 2.75) is 40.7 Å². The molecule has 1 aromatic carbocycles. The molecule has 2 aromatic heterocycles. The fraction of sp³-hybridized carbons (Fsp3) is 0.320. The summed E-state index contributed by atoms with van der Waals surface area (Å²) in [5.74, 6) is 0.0839. The SMILES string of the molecule is CCc1cccc(-c2cnc(C(=O)C(C)C)c(NC(=O)CNCc3ccnc(C)n3)c2)c1. The van der Waals surface area contributed by atoms with Crippen LogP contribution >= 0.6 is 0 Å². The third-order valence-electron chi connectivity index (χ3n) is 5.01. The molecule has 7 nitrogen and oxygen atoms in total. The topological polar surface area (TPSA) is 96.9 Å². The van der Waals surface area contributed by atoms with Gasteiger partial charge in [0.1, 0.15) is 11.5 Å². The Hall–Kier alpha value is -3.45. The Balaban J connectivity index is 1.78. The number of aromatic nitrogens is 3. The summed E-state index contributed by atoms with van der Waals surface area (Å²) >= 11 is 0. The lowest BCUT2D eigenvalue weighted by molar-refractivity contribution is -0.115. The number of carbonyl (C=O) groups is 2. The minimum Gasteiger partial charge on any atom is -0.323 e. The first-order valence-electron chi connectivity index (χ1n) is 10.8. The highest BCUT2D eigenvalue weighted by Gasteiger charge is 2.19. The quantitative estimate of drug-likeness (QED) is 0.498. The molecule has 0 saturated heterocycles. The molecule has 32 heavy (non-hydrogen) atoms. The molecule has 0 aliphatic rings. The van der Waals surface area contributed by atoms with E-state index in [4.69, 9.17) is 0 Å². The molecule has 0 saturated carbocycles. The van der Waals surface area contributed by atoms with E-state index in [0.717, 1.165) is 23.2 Å². The van der Waals surface area contributed by atoms with Gasteiger partial charge >= 0.3 is 0 Å². The molecule has 2 N–H and O–H groups in total. The second-order valence-electron chi connectivity index (χ2n) is 7.94. The molecule has 0 radical (unpaired) electrons. The maximum Gasteiger partial charge on any atom is 0.238 e. The van der Waals surface area contributed by atoms with Crippen LogP contribution in [0.15, 0.2) is 48.8 Å². The van der Waals surface area contributed by atoms with E-state index in [-0.39, 0.29) is 29.8 Å². The zero-order chi connectivity index (χ0) is 23.1. The van der Waals surface area contributed by atoms with Gasteiger partial charge in [-0.1, -0.05) is 45.0 Å². The molecule has 7 heteroatoms. The van der Waals surface area contributed by atoms with Gasteiger partial charge in [0.05, 0.1) is 17.9 Å². The zero-order valence-electron chi connectivity index (χ0n) is 19.0. The van der Waals surface area contributed by atoms with E-state index in [1.165, 1.54) is 5.56 Å². The van der Waals surface area contributed by atoms with Crippen LogP contribution in [0.1, 0.15) is 48.3 Å². The van der Waals surface area contributed by atoms with Crippen LogP contribution in [0.4, 0.5) is 5.69 Å². The fourth-order valence-corrected chi connectivity index (χ4v) is 3.26. The predicted molar refractivity (Wildman–Crippen MR) is 125 cm³/mol. The van der Waals surface area contributed by atoms with E-state index < -0.39 is 0 Å². The minimum absolute atomic E-state index is 0.0773. The third kappa shape index (κ3) is 6.04. The van der Waals surface area contributed by atoms with Crippen molar-refractivity contribution in [3.63, 3.8) is 0 Å². The third-order valence-corrected chi connectivity index (χ3v) is 5.01. The molecular weight excluding hydrogens is 402 g/mol. The van der Waals surface area contributed by atoms with Gasteiger partial charge < -0.3 is 10.6 Å². The van der Waals surface area contributed by atoms with Gasteiger partial charge in [0.15, 0.2) is 5.78 Å². The van der Waals surface area contributed by atoms with Gasteiger partial charge in [-0.15, -0.1) is 0 Å². The highest BCUT2D eigenvalue weighted by Crippen LogP contribution is 2.26. The second-order valence-corrected chi connectivity index (χ2v) is 7.94. The summed E-state index contributed by atoms with van der Waals surface area (Å²) in [4.78, 5) is 38.1. The number of nitrogens with zero attached hydrogens (tertiary/aromatic N) is 3. The van der Waals surface area contributed by atoms with Gasteiger partial charge in [0.2, 0.25) is 5.91 Å². The molecule has 0 atom stereocenters. The monoisotopic (exact) mass is 431 g/mol. The Kier molecular flexibility index (Phi) is 7.78. The Morgan fingerprint density at radius 2 is 1.88 bits per heavy atom. The lowest BCUT2D eigenvalue weighted by Crippen LogP contribution is -2.29. The van der Waals surface area contributed by atoms with Crippen LogP contribution in [0.5, 0.6) is 0 Å². The Morgan fingerprint density at radius 1 is 1.06 bits per heavy atom. The number of benzene rings is 1. The summed E-state index contributed by atoms with van der Waals surface area (Å²) in [5, 5.41) is 5.94. The molecule has 0 unspecified atom stereocenters. The number of nitrogens with one attached hydrogen (secondary N) is 2. The maximum atomic E-state index is 12.7. The minimum atomic E-state index is -0.255. The number of ketones is 1. The zero-order valence-corrected chi connectivity index (χ0v) is 19.0. The van der Waals surface area contributed by atoms with Crippen LogP contribution in [0.2, 0.25) is 0 Å². The van der Waals surface area contributed by atoms with Crippen molar-refractivity contribution in [1.82, 2.24) is 20.3 Å². The van der Waals surface area contributed by atoms with Crippen molar-refractivity contribution in [2.24, 2.45) is 5.92 Å². The van der Waals surface area contributed by atoms with Gasteiger partial charge in [0, 0.05) is 30.4 Å². The Bertz CT molecular complexity index is 1110. The summed E-state index contributed by atoms with van der Waals surface area (Å²) in [6.45, 7) is 8.08. The van der Waals surface area contributed by atoms with Crippen molar-refractivity contribution in [1.29, 1.82) is 0 Å². The summed E-state index contributed by atoms with van der Waals surface area (Å²) in [5.41, 5.74) is 4.55. The predicted octanol–water partition coefficient (Wildman–Crippen LogP) is 3.98. The molecule has 1 amide bonds. The number of pyridine rings is 1. The number of hydrogen-bond acceptors (Lipinski definition) is 6. The first kappa shape index (κ1) is 23.2. The number of amides is 1. The number of aryl methyl sites for hydroxylation is 2. The summed E-state index contributed by atoms with van der Waals surface area (Å²) in [6, 6.07) is 11.8. The van der Waals surface area contributed by atoms with Crippen LogP contribution in [0.25, 0.3) is 11.1 Å². The standard InChI is InChI=1S/C25H29N5O2/c1-5-18-7-6-8-19(11-18)20-12-22(24(28-13-20)25(32)16(2)3)30-23(31)15-26-14-21-9-10-27-17(4)29-21/h6-13,16,26H,5,14-15H2,1-4H3,(H,30,31). The van der Waals surface area contributed by atoms with Gasteiger partial charge in [-0.2, -0.15) is 0 Å². The van der Waals surface area contributed by atoms with E-state index in [1.807, 2.05) is 39.0 Å². The van der Waals surface area contributed by atoms with Crippen LogP contribution in [0, 0.1) is 12.8 Å². The van der Waals surface area contributed by atoms with Gasteiger partial charge in [0.25, 0.3) is 0 Å². The average molecular weight is 432 g/mol. The average Bonchev–Trinajstić information content (AvgIpc) is 2.78. The largest absolute Gasteiger partial charge is 0.323 e. The molecule has 166 valence electrons. The van der Waals surface area contributed by atoms with Gasteiger partial charge in [-0.25, -0.2) is 9.97 Å². The molecule has 3 aromatic rings. The van der Waals surface area contributed by atoms with Crippen molar-refractivity contribution in [2.75, 3.05) is 11.9 Å².